The van der Waals surface area contributed by atoms with Gasteiger partial charge in [0.05, 0.1) is 11.4 Å². The number of aliphatic imine (C=N–C) groups is 1. The van der Waals surface area contributed by atoms with Crippen molar-refractivity contribution in [2.45, 2.75) is 51.4 Å². The molecule has 0 fully saturated rings. The Morgan fingerprint density at radius 3 is 2.62 bits per heavy atom. The molecule has 3 aliphatic rings. The summed E-state index contributed by atoms with van der Waals surface area (Å²) in [5.74, 6) is -0.340. The van der Waals surface area contributed by atoms with Crippen molar-refractivity contribution in [3.63, 3.8) is 0 Å². The average molecular weight is 477 g/mol. The Morgan fingerprint density at radius 2 is 1.79 bits per heavy atom. The van der Waals surface area contributed by atoms with Crippen LogP contribution in [-0.4, -0.2) is 5.71 Å². The highest BCUT2D eigenvalue weighted by atomic mass is 35.5. The topological polar surface area (TPSA) is 24.4 Å². The molecule has 2 aromatic carbocycles. The van der Waals surface area contributed by atoms with Crippen LogP contribution in [0.1, 0.15) is 57.1 Å². The molecule has 174 valence electrons. The van der Waals surface area contributed by atoms with E-state index in [1.165, 1.54) is 24.3 Å². The maximum absolute atomic E-state index is 13.7. The quantitative estimate of drug-likeness (QED) is 0.471. The maximum Gasteiger partial charge on any atom is 0.125 e. The van der Waals surface area contributed by atoms with Gasteiger partial charge in [0.25, 0.3) is 0 Å². The van der Waals surface area contributed by atoms with Crippen LogP contribution in [0, 0.1) is 11.6 Å². The van der Waals surface area contributed by atoms with Gasteiger partial charge in [-0.25, -0.2) is 8.78 Å². The van der Waals surface area contributed by atoms with E-state index in [0.717, 1.165) is 63.7 Å². The molecule has 34 heavy (non-hydrogen) atoms. The number of rotatable bonds is 3. The molecule has 2 nitrogen and oxygen atoms in total. The van der Waals surface area contributed by atoms with Crippen molar-refractivity contribution in [3.8, 4) is 0 Å². The minimum Gasteiger partial charge on any atom is -0.358 e. The van der Waals surface area contributed by atoms with E-state index in [2.05, 4.69) is 49.3 Å². The Kier molecular flexibility index (Phi) is 5.81. The van der Waals surface area contributed by atoms with E-state index in [-0.39, 0.29) is 23.0 Å². The molecule has 1 atom stereocenters. The zero-order chi connectivity index (χ0) is 24.0. The minimum atomic E-state index is -0.289. The van der Waals surface area contributed by atoms with Gasteiger partial charge in [0, 0.05) is 27.7 Å². The normalized spacial score (nSPS) is 23.5. The second kappa shape index (κ2) is 8.66. The van der Waals surface area contributed by atoms with Crippen molar-refractivity contribution >= 4 is 28.7 Å². The van der Waals surface area contributed by atoms with Crippen molar-refractivity contribution in [3.05, 3.63) is 105 Å². The summed E-state index contributed by atoms with van der Waals surface area (Å²) in [6.45, 7) is 6.32. The fourth-order valence-corrected chi connectivity index (χ4v) is 5.30. The van der Waals surface area contributed by atoms with E-state index in [0.29, 0.717) is 5.69 Å². The van der Waals surface area contributed by atoms with Gasteiger partial charge in [-0.1, -0.05) is 56.7 Å². The van der Waals surface area contributed by atoms with Gasteiger partial charge in [0.15, 0.2) is 0 Å². The highest BCUT2D eigenvalue weighted by molar-refractivity contribution is 6.32. The molecular formula is C29H27ClF2N2. The highest BCUT2D eigenvalue weighted by Crippen LogP contribution is 2.42. The van der Waals surface area contributed by atoms with Gasteiger partial charge in [-0.3, -0.25) is 4.99 Å². The van der Waals surface area contributed by atoms with E-state index < -0.39 is 0 Å². The van der Waals surface area contributed by atoms with Crippen molar-refractivity contribution in [1.29, 1.82) is 0 Å². The van der Waals surface area contributed by atoms with E-state index in [1.54, 1.807) is 0 Å². The molecule has 0 saturated carbocycles. The lowest BCUT2D eigenvalue weighted by atomic mass is 9.81. The van der Waals surface area contributed by atoms with Crippen LogP contribution in [0.5, 0.6) is 0 Å². The Hall–Kier alpha value is -2.98. The zero-order valence-corrected chi connectivity index (χ0v) is 20.3. The molecule has 1 aliphatic carbocycles. The first-order valence-corrected chi connectivity index (χ1v) is 12.1. The molecule has 5 heteroatoms. The molecule has 0 bridgehead atoms. The standard InChI is InChI=1S/C29H27ClF2N2/c1-17-22-11-9-20(31)15-25(22)33-24(17)13-7-18-5-4-6-19(28(18)30)8-14-27-29(2,3)23-12-10-21(32)16-26(23)34-27/h7-17,33H,4-6H2,1-3H3/b14-8+,18-7+,24-13+/t17-/m0/s1. The van der Waals surface area contributed by atoms with Crippen molar-refractivity contribution in [1.82, 2.24) is 0 Å². The van der Waals surface area contributed by atoms with Crippen molar-refractivity contribution in [2.24, 2.45) is 4.99 Å². The minimum absolute atomic E-state index is 0.173. The second-order valence-electron chi connectivity index (χ2n) is 9.70. The second-order valence-corrected chi connectivity index (χ2v) is 10.1. The first kappa shape index (κ1) is 22.8. The zero-order valence-electron chi connectivity index (χ0n) is 19.6. The lowest BCUT2D eigenvalue weighted by Gasteiger charge is -2.21. The van der Waals surface area contributed by atoms with Crippen LogP contribution < -0.4 is 5.32 Å². The molecule has 1 N–H and O–H groups in total. The van der Waals surface area contributed by atoms with Gasteiger partial charge >= 0.3 is 0 Å². The lowest BCUT2D eigenvalue weighted by molar-refractivity contribution is 0.626. The first-order chi connectivity index (χ1) is 16.2. The Labute approximate surface area is 204 Å². The molecule has 0 spiro atoms. The number of anilines is 1. The van der Waals surface area contributed by atoms with Gasteiger partial charge in [-0.2, -0.15) is 0 Å². The molecule has 2 aliphatic heterocycles. The van der Waals surface area contributed by atoms with Crippen LogP contribution in [0.15, 0.2) is 87.6 Å². The predicted molar refractivity (Wildman–Crippen MR) is 137 cm³/mol. The molecule has 5 rings (SSSR count). The number of allylic oxidation sites excluding steroid dienone is 8. The summed E-state index contributed by atoms with van der Waals surface area (Å²) in [6, 6.07) is 9.68. The summed E-state index contributed by atoms with van der Waals surface area (Å²) < 4.78 is 27.3. The monoisotopic (exact) mass is 476 g/mol. The first-order valence-electron chi connectivity index (χ1n) is 11.7. The maximum atomic E-state index is 13.7. The van der Waals surface area contributed by atoms with Gasteiger partial charge in [0.1, 0.15) is 11.6 Å². The SMILES string of the molecule is C[C@@H]1/C(=C\C=C2/CCCC(/C=C/C3=Nc4cc(F)ccc4C3(C)C)=C2Cl)Nc2cc(F)ccc21. The molecule has 0 amide bonds. The van der Waals surface area contributed by atoms with Gasteiger partial charge < -0.3 is 5.32 Å². The van der Waals surface area contributed by atoms with Gasteiger partial charge in [-0.05, 0) is 78.0 Å². The molecule has 2 aromatic rings. The molecule has 0 unspecified atom stereocenters. The third-order valence-electron chi connectivity index (χ3n) is 7.10. The lowest BCUT2D eigenvalue weighted by Crippen LogP contribution is -2.23. The summed E-state index contributed by atoms with van der Waals surface area (Å²) in [5, 5.41) is 4.11. The molecule has 2 heterocycles. The van der Waals surface area contributed by atoms with Gasteiger partial charge in [-0.15, -0.1) is 0 Å². The molecule has 0 aromatic heterocycles. The summed E-state index contributed by atoms with van der Waals surface area (Å²) in [6.07, 6.45) is 11.0. The van der Waals surface area contributed by atoms with E-state index in [9.17, 15) is 8.78 Å². The molecule has 0 radical (unpaired) electrons. The smallest absolute Gasteiger partial charge is 0.125 e. The van der Waals surface area contributed by atoms with E-state index >= 15 is 0 Å². The number of nitrogens with one attached hydrogen (secondary N) is 1. The highest BCUT2D eigenvalue weighted by Gasteiger charge is 2.33. The number of benzene rings is 2. The fraction of sp³-hybridized carbons (Fsp3) is 0.276. The van der Waals surface area contributed by atoms with Crippen LogP contribution in [0.4, 0.5) is 20.2 Å². The number of nitrogens with zero attached hydrogens (tertiary/aromatic N) is 1. The Morgan fingerprint density at radius 1 is 1.03 bits per heavy atom. The van der Waals surface area contributed by atoms with Gasteiger partial charge in [0.2, 0.25) is 0 Å². The summed E-state index contributed by atoms with van der Waals surface area (Å²) in [7, 11) is 0. The van der Waals surface area contributed by atoms with E-state index in [1.807, 2.05) is 18.2 Å². The number of halogens is 3. The van der Waals surface area contributed by atoms with Crippen LogP contribution in [0.25, 0.3) is 0 Å². The average Bonchev–Trinajstić information content (AvgIpc) is 3.23. The van der Waals surface area contributed by atoms with E-state index in [4.69, 9.17) is 11.6 Å². The third-order valence-corrected chi connectivity index (χ3v) is 7.59. The number of fused-ring (bicyclic) bond motifs is 2. The largest absolute Gasteiger partial charge is 0.358 e. The summed E-state index contributed by atoms with van der Waals surface area (Å²) in [5.41, 5.74) is 7.47. The van der Waals surface area contributed by atoms with Crippen molar-refractivity contribution in [2.75, 3.05) is 5.32 Å². The Bertz CT molecular complexity index is 1330. The van der Waals surface area contributed by atoms with Crippen LogP contribution in [0.3, 0.4) is 0 Å². The third kappa shape index (κ3) is 4.05. The Balaban J connectivity index is 1.39. The fourth-order valence-electron chi connectivity index (χ4n) is 4.99. The number of hydrogen-bond acceptors (Lipinski definition) is 2. The van der Waals surface area contributed by atoms with Crippen LogP contribution in [0.2, 0.25) is 0 Å². The summed E-state index contributed by atoms with van der Waals surface area (Å²) in [4.78, 5) is 4.68. The van der Waals surface area contributed by atoms with Crippen LogP contribution in [-0.2, 0) is 5.41 Å². The molecule has 0 saturated heterocycles. The summed E-state index contributed by atoms with van der Waals surface area (Å²) >= 11 is 6.82. The van der Waals surface area contributed by atoms with Crippen LogP contribution >= 0.6 is 11.6 Å². The number of hydrogen-bond donors (Lipinski definition) is 1. The predicted octanol–water partition coefficient (Wildman–Crippen LogP) is 8.60. The van der Waals surface area contributed by atoms with Crippen molar-refractivity contribution < 1.29 is 8.78 Å². The molecular weight excluding hydrogens is 450 g/mol.